The molecule has 0 unspecified atom stereocenters. The number of nitrogens with one attached hydrogen (secondary N) is 2. The molecule has 3 N–H and O–H groups in total. The van der Waals surface area contributed by atoms with Gasteiger partial charge in [-0.1, -0.05) is 25.3 Å². The molecule has 2 amide bonds. The lowest BCUT2D eigenvalue weighted by molar-refractivity contribution is -0.143. The van der Waals surface area contributed by atoms with Gasteiger partial charge < -0.3 is 20.5 Å². The Labute approximate surface area is 146 Å². The summed E-state index contributed by atoms with van der Waals surface area (Å²) >= 11 is 0. The van der Waals surface area contributed by atoms with E-state index < -0.39 is 11.9 Å². The van der Waals surface area contributed by atoms with Gasteiger partial charge in [0.15, 0.2) is 0 Å². The molecule has 0 aliphatic heterocycles. The van der Waals surface area contributed by atoms with Gasteiger partial charge in [0.1, 0.15) is 5.75 Å². The topological polar surface area (TPSA) is 105 Å². The van der Waals surface area contributed by atoms with Gasteiger partial charge in [0.2, 0.25) is 5.91 Å². The summed E-state index contributed by atoms with van der Waals surface area (Å²) < 4.78 is 5.06. The van der Waals surface area contributed by atoms with Crippen LogP contribution < -0.4 is 15.4 Å². The Morgan fingerprint density at radius 3 is 2.68 bits per heavy atom. The molecule has 1 aliphatic carbocycles. The minimum absolute atomic E-state index is 0.196. The third-order valence-corrected chi connectivity index (χ3v) is 4.42. The number of amides is 2. The van der Waals surface area contributed by atoms with Crippen LogP contribution in [0.25, 0.3) is 0 Å². The zero-order valence-corrected chi connectivity index (χ0v) is 14.3. The maximum absolute atomic E-state index is 12.1. The molecule has 1 aromatic carbocycles. The number of carbonyl (C=O) groups excluding carboxylic acids is 2. The van der Waals surface area contributed by atoms with Crippen molar-refractivity contribution in [3.8, 4) is 5.75 Å². The van der Waals surface area contributed by atoms with Crippen LogP contribution in [0.1, 0.15) is 42.5 Å². The van der Waals surface area contributed by atoms with Crippen LogP contribution >= 0.6 is 0 Å². The van der Waals surface area contributed by atoms with E-state index in [1.165, 1.54) is 7.11 Å². The van der Waals surface area contributed by atoms with Crippen molar-refractivity contribution in [3.63, 3.8) is 0 Å². The van der Waals surface area contributed by atoms with Crippen molar-refractivity contribution < 1.29 is 24.2 Å². The quantitative estimate of drug-likeness (QED) is 0.677. The van der Waals surface area contributed by atoms with Crippen LogP contribution in [-0.4, -0.2) is 42.6 Å². The summed E-state index contributed by atoms with van der Waals surface area (Å²) in [6.45, 7) is -0.196. The van der Waals surface area contributed by atoms with Gasteiger partial charge in [-0.25, -0.2) is 0 Å². The highest BCUT2D eigenvalue weighted by molar-refractivity contribution is 5.96. The van der Waals surface area contributed by atoms with Gasteiger partial charge >= 0.3 is 5.97 Å². The summed E-state index contributed by atoms with van der Waals surface area (Å²) in [4.78, 5) is 35.6. The lowest BCUT2D eigenvalue weighted by atomic mass is 9.95. The summed E-state index contributed by atoms with van der Waals surface area (Å²) in [6, 6.07) is 6.24. The maximum atomic E-state index is 12.1. The summed E-state index contributed by atoms with van der Waals surface area (Å²) in [5.41, 5.74) is 0.394. The first-order valence-electron chi connectivity index (χ1n) is 8.45. The molecule has 2 atom stereocenters. The molecule has 1 aliphatic rings. The molecule has 136 valence electrons. The summed E-state index contributed by atoms with van der Waals surface area (Å²) in [6.07, 6.45) is 3.94. The number of hydrogen-bond donors (Lipinski definition) is 3. The third kappa shape index (κ3) is 5.48. The third-order valence-electron chi connectivity index (χ3n) is 4.42. The summed E-state index contributed by atoms with van der Waals surface area (Å²) in [5, 5.41) is 14.6. The minimum Gasteiger partial charge on any atom is -0.497 e. The van der Waals surface area contributed by atoms with Gasteiger partial charge in [0.05, 0.1) is 19.6 Å². The Bertz CT molecular complexity index is 632. The molecule has 0 aromatic heterocycles. The van der Waals surface area contributed by atoms with Crippen molar-refractivity contribution in [2.75, 3.05) is 13.7 Å². The van der Waals surface area contributed by atoms with Gasteiger partial charge in [0, 0.05) is 11.6 Å². The highest BCUT2D eigenvalue weighted by atomic mass is 16.5. The van der Waals surface area contributed by atoms with E-state index in [0.717, 1.165) is 19.3 Å². The van der Waals surface area contributed by atoms with Crippen molar-refractivity contribution in [2.24, 2.45) is 5.92 Å². The first-order chi connectivity index (χ1) is 12.0. The molecule has 1 saturated carbocycles. The normalized spacial score (nSPS) is 20.2. The molecule has 1 aromatic rings. The van der Waals surface area contributed by atoms with E-state index in [1.54, 1.807) is 24.3 Å². The number of benzene rings is 1. The number of carbonyl (C=O) groups is 3. The highest BCUT2D eigenvalue weighted by Gasteiger charge is 2.30. The van der Waals surface area contributed by atoms with Crippen LogP contribution in [0.2, 0.25) is 0 Å². The molecule has 0 saturated heterocycles. The van der Waals surface area contributed by atoms with Crippen LogP contribution in [0.3, 0.4) is 0 Å². The van der Waals surface area contributed by atoms with Crippen molar-refractivity contribution in [3.05, 3.63) is 29.8 Å². The van der Waals surface area contributed by atoms with Crippen LogP contribution in [0.15, 0.2) is 24.3 Å². The fraction of sp³-hybridized carbons (Fsp3) is 0.500. The molecule has 0 spiro atoms. The Balaban J connectivity index is 1.88. The lowest BCUT2D eigenvalue weighted by Crippen LogP contribution is -2.46. The number of ether oxygens (including phenoxy) is 1. The molecular formula is C18H24N2O5. The van der Waals surface area contributed by atoms with E-state index in [2.05, 4.69) is 10.6 Å². The smallest absolute Gasteiger partial charge is 0.308 e. The van der Waals surface area contributed by atoms with Gasteiger partial charge in [0.25, 0.3) is 5.91 Å². The Hall–Kier alpha value is -2.57. The van der Waals surface area contributed by atoms with Gasteiger partial charge in [-0.15, -0.1) is 0 Å². The van der Waals surface area contributed by atoms with Crippen LogP contribution in [-0.2, 0) is 9.59 Å². The zero-order chi connectivity index (χ0) is 18.2. The minimum atomic E-state index is -0.882. The monoisotopic (exact) mass is 348 g/mol. The van der Waals surface area contributed by atoms with Gasteiger partial charge in [-0.05, 0) is 31.0 Å². The fourth-order valence-electron chi connectivity index (χ4n) is 3.06. The maximum Gasteiger partial charge on any atom is 0.308 e. The second-order valence-electron chi connectivity index (χ2n) is 6.17. The largest absolute Gasteiger partial charge is 0.497 e. The zero-order valence-electron chi connectivity index (χ0n) is 14.3. The highest BCUT2D eigenvalue weighted by Crippen LogP contribution is 2.23. The van der Waals surface area contributed by atoms with Crippen LogP contribution in [0.4, 0.5) is 0 Å². The Morgan fingerprint density at radius 1 is 1.20 bits per heavy atom. The average Bonchev–Trinajstić information content (AvgIpc) is 2.85. The molecule has 0 heterocycles. The van der Waals surface area contributed by atoms with E-state index >= 15 is 0 Å². The number of hydrogen-bond acceptors (Lipinski definition) is 4. The first-order valence-corrected chi connectivity index (χ1v) is 8.45. The van der Waals surface area contributed by atoms with Crippen molar-refractivity contribution in [2.45, 2.75) is 38.1 Å². The SMILES string of the molecule is COc1cccc(C(=O)NCC(=O)N[C@H]2CCCCC[C@H]2C(=O)O)c1. The Kier molecular flexibility index (Phi) is 6.80. The molecule has 1 fully saturated rings. The molecule has 0 bridgehead atoms. The van der Waals surface area contributed by atoms with Crippen molar-refractivity contribution in [1.29, 1.82) is 0 Å². The molecule has 25 heavy (non-hydrogen) atoms. The number of methoxy groups -OCH3 is 1. The summed E-state index contributed by atoms with van der Waals surface area (Å²) in [7, 11) is 1.51. The number of carboxylic acids is 1. The predicted molar refractivity (Wildman–Crippen MR) is 91.5 cm³/mol. The molecule has 7 nitrogen and oxygen atoms in total. The van der Waals surface area contributed by atoms with Crippen LogP contribution in [0, 0.1) is 5.92 Å². The molecular weight excluding hydrogens is 324 g/mol. The lowest BCUT2D eigenvalue weighted by Gasteiger charge is -2.23. The van der Waals surface area contributed by atoms with Gasteiger partial charge in [-0.2, -0.15) is 0 Å². The van der Waals surface area contributed by atoms with Gasteiger partial charge in [-0.3, -0.25) is 14.4 Å². The fourth-order valence-corrected chi connectivity index (χ4v) is 3.06. The average molecular weight is 348 g/mol. The van der Waals surface area contributed by atoms with Crippen molar-refractivity contribution >= 4 is 17.8 Å². The first kappa shape index (κ1) is 18.8. The Morgan fingerprint density at radius 2 is 1.96 bits per heavy atom. The second kappa shape index (κ2) is 9.05. The van der Waals surface area contributed by atoms with Crippen molar-refractivity contribution in [1.82, 2.24) is 10.6 Å². The molecule has 0 radical (unpaired) electrons. The summed E-state index contributed by atoms with van der Waals surface area (Å²) in [5.74, 6) is -1.66. The number of rotatable bonds is 6. The predicted octanol–water partition coefficient (Wildman–Crippen LogP) is 1.57. The van der Waals surface area contributed by atoms with E-state index in [9.17, 15) is 19.5 Å². The van der Waals surface area contributed by atoms with E-state index in [0.29, 0.717) is 24.2 Å². The van der Waals surface area contributed by atoms with E-state index in [-0.39, 0.29) is 24.4 Å². The van der Waals surface area contributed by atoms with E-state index in [1.807, 2.05) is 0 Å². The molecule has 7 heteroatoms. The molecule has 2 rings (SSSR count). The standard InChI is InChI=1S/C18H24N2O5/c1-25-13-7-5-6-12(10-13)17(22)19-11-16(21)20-15-9-4-2-3-8-14(15)18(23)24/h5-7,10,14-15H,2-4,8-9,11H2,1H3,(H,19,22)(H,20,21)(H,23,24)/t14-,15+/m1/s1. The number of aliphatic carboxylic acids is 1. The number of carboxylic acid groups (broad SMARTS) is 1. The van der Waals surface area contributed by atoms with Crippen LogP contribution in [0.5, 0.6) is 5.75 Å². The van der Waals surface area contributed by atoms with E-state index in [4.69, 9.17) is 4.74 Å². The second-order valence-corrected chi connectivity index (χ2v) is 6.17.